The summed E-state index contributed by atoms with van der Waals surface area (Å²) >= 11 is 0. The lowest BCUT2D eigenvalue weighted by Crippen LogP contribution is -2.35. The third kappa shape index (κ3) is 3.91. The van der Waals surface area contributed by atoms with Crippen LogP contribution >= 0.6 is 0 Å². The third-order valence-corrected chi connectivity index (χ3v) is 3.39. The summed E-state index contributed by atoms with van der Waals surface area (Å²) < 4.78 is 0. The molecule has 4 nitrogen and oxygen atoms in total. The molecule has 4 heteroatoms. The topological polar surface area (TPSA) is 48.4 Å². The Labute approximate surface area is 115 Å². The Hall–Kier alpha value is -1.13. The van der Waals surface area contributed by atoms with Gasteiger partial charge in [-0.2, -0.15) is 0 Å². The Morgan fingerprint density at radius 3 is 2.74 bits per heavy atom. The van der Waals surface area contributed by atoms with Gasteiger partial charge >= 0.3 is 0 Å². The van der Waals surface area contributed by atoms with Crippen molar-refractivity contribution in [3.8, 4) is 0 Å². The molecule has 0 bridgehead atoms. The van der Waals surface area contributed by atoms with Crippen LogP contribution in [0.5, 0.6) is 0 Å². The van der Waals surface area contributed by atoms with Gasteiger partial charge in [0.2, 0.25) is 0 Å². The highest BCUT2D eigenvalue weighted by Gasteiger charge is 2.22. The van der Waals surface area contributed by atoms with E-state index in [1.165, 1.54) is 11.1 Å². The number of hydrogen-bond acceptors (Lipinski definition) is 4. The zero-order chi connectivity index (χ0) is 14.0. The Morgan fingerprint density at radius 2 is 2.21 bits per heavy atom. The first-order valence-corrected chi connectivity index (χ1v) is 6.99. The standard InChI is InChI=1S/C15H25N3O/c1-11-7-12(9-17-15(2,3)4)8-16-14(11)18-6-5-13(19)10-18/h7-8,13,17,19H,5-6,9-10H2,1-4H3. The number of aliphatic hydroxyl groups is 1. The number of β-amino-alcohol motifs (C(OH)–C–C–N with tert-alkyl or cyclic N) is 1. The van der Waals surface area contributed by atoms with Crippen molar-refractivity contribution in [2.75, 3.05) is 18.0 Å². The maximum atomic E-state index is 9.60. The van der Waals surface area contributed by atoms with Crippen LogP contribution in [0.3, 0.4) is 0 Å². The van der Waals surface area contributed by atoms with Gasteiger partial charge in [-0.05, 0) is 51.3 Å². The van der Waals surface area contributed by atoms with E-state index in [1.807, 2.05) is 6.20 Å². The largest absolute Gasteiger partial charge is 0.391 e. The summed E-state index contributed by atoms with van der Waals surface area (Å²) in [6.07, 6.45) is 2.57. The molecule has 19 heavy (non-hydrogen) atoms. The van der Waals surface area contributed by atoms with E-state index in [9.17, 15) is 5.11 Å². The fourth-order valence-electron chi connectivity index (χ4n) is 2.35. The Balaban J connectivity index is 2.05. The number of pyridine rings is 1. The van der Waals surface area contributed by atoms with Crippen molar-refractivity contribution in [3.63, 3.8) is 0 Å². The van der Waals surface area contributed by atoms with Crippen molar-refractivity contribution in [2.24, 2.45) is 0 Å². The molecule has 1 aromatic heterocycles. The van der Waals surface area contributed by atoms with Crippen LogP contribution in [0.4, 0.5) is 5.82 Å². The van der Waals surface area contributed by atoms with Gasteiger partial charge in [0.15, 0.2) is 0 Å². The van der Waals surface area contributed by atoms with Crippen LogP contribution in [0.25, 0.3) is 0 Å². The van der Waals surface area contributed by atoms with E-state index in [4.69, 9.17) is 0 Å². The summed E-state index contributed by atoms with van der Waals surface area (Å²) in [5, 5.41) is 13.1. The predicted octanol–water partition coefficient (Wildman–Crippen LogP) is 1.85. The van der Waals surface area contributed by atoms with E-state index in [1.54, 1.807) is 0 Å². The molecular weight excluding hydrogens is 238 g/mol. The molecule has 1 atom stereocenters. The lowest BCUT2D eigenvalue weighted by Gasteiger charge is -2.22. The number of nitrogens with zero attached hydrogens (tertiary/aromatic N) is 2. The van der Waals surface area contributed by atoms with Crippen molar-refractivity contribution in [1.29, 1.82) is 0 Å². The van der Waals surface area contributed by atoms with Gasteiger partial charge in [0.25, 0.3) is 0 Å². The quantitative estimate of drug-likeness (QED) is 0.874. The normalized spacial score (nSPS) is 20.1. The number of rotatable bonds is 3. The van der Waals surface area contributed by atoms with Gasteiger partial charge < -0.3 is 15.3 Å². The Morgan fingerprint density at radius 1 is 1.47 bits per heavy atom. The molecule has 0 aromatic carbocycles. The number of nitrogens with one attached hydrogen (secondary N) is 1. The fourth-order valence-corrected chi connectivity index (χ4v) is 2.35. The van der Waals surface area contributed by atoms with Crippen LogP contribution in [0, 0.1) is 6.92 Å². The monoisotopic (exact) mass is 263 g/mol. The van der Waals surface area contributed by atoms with Gasteiger partial charge in [-0.25, -0.2) is 4.98 Å². The van der Waals surface area contributed by atoms with E-state index in [-0.39, 0.29) is 11.6 Å². The average Bonchev–Trinajstić information content (AvgIpc) is 2.72. The minimum atomic E-state index is -0.205. The second kappa shape index (κ2) is 5.47. The van der Waals surface area contributed by atoms with Gasteiger partial charge in [0.1, 0.15) is 5.82 Å². The van der Waals surface area contributed by atoms with E-state index >= 15 is 0 Å². The molecule has 0 saturated carbocycles. The molecule has 2 N–H and O–H groups in total. The summed E-state index contributed by atoms with van der Waals surface area (Å²) in [5.74, 6) is 1.01. The highest BCUT2D eigenvalue weighted by atomic mass is 16.3. The van der Waals surface area contributed by atoms with Gasteiger partial charge in [0.05, 0.1) is 6.10 Å². The van der Waals surface area contributed by atoms with Gasteiger partial charge in [0, 0.05) is 31.4 Å². The van der Waals surface area contributed by atoms with Crippen molar-refractivity contribution in [1.82, 2.24) is 10.3 Å². The number of aryl methyl sites for hydroxylation is 1. The van der Waals surface area contributed by atoms with E-state index in [0.717, 1.165) is 25.3 Å². The molecule has 0 amide bonds. The zero-order valence-electron chi connectivity index (χ0n) is 12.4. The lowest BCUT2D eigenvalue weighted by atomic mass is 10.1. The van der Waals surface area contributed by atoms with Crippen LogP contribution in [-0.4, -0.2) is 34.8 Å². The highest BCUT2D eigenvalue weighted by molar-refractivity contribution is 5.48. The summed E-state index contributed by atoms with van der Waals surface area (Å²) in [7, 11) is 0. The molecule has 1 fully saturated rings. The first-order chi connectivity index (χ1) is 8.85. The molecule has 0 radical (unpaired) electrons. The number of aliphatic hydroxyl groups excluding tert-OH is 1. The van der Waals surface area contributed by atoms with Crippen LogP contribution in [0.2, 0.25) is 0 Å². The van der Waals surface area contributed by atoms with Crippen molar-refractivity contribution >= 4 is 5.82 Å². The summed E-state index contributed by atoms with van der Waals surface area (Å²) in [6.45, 7) is 11.0. The molecule has 2 rings (SSSR count). The predicted molar refractivity (Wildman–Crippen MR) is 78.4 cm³/mol. The molecule has 1 aliphatic rings. The molecule has 106 valence electrons. The van der Waals surface area contributed by atoms with Crippen molar-refractivity contribution in [3.05, 3.63) is 23.4 Å². The van der Waals surface area contributed by atoms with Crippen molar-refractivity contribution < 1.29 is 5.11 Å². The minimum absolute atomic E-state index is 0.117. The molecular formula is C15H25N3O. The summed E-state index contributed by atoms with van der Waals surface area (Å²) in [4.78, 5) is 6.74. The van der Waals surface area contributed by atoms with E-state index in [2.05, 4.69) is 49.0 Å². The van der Waals surface area contributed by atoms with Crippen LogP contribution < -0.4 is 10.2 Å². The SMILES string of the molecule is Cc1cc(CNC(C)(C)C)cnc1N1CCC(O)C1. The maximum absolute atomic E-state index is 9.60. The number of aromatic nitrogens is 1. The molecule has 2 heterocycles. The number of hydrogen-bond donors (Lipinski definition) is 2. The molecule has 0 aliphatic carbocycles. The third-order valence-electron chi connectivity index (χ3n) is 3.39. The first-order valence-electron chi connectivity index (χ1n) is 6.99. The molecule has 1 saturated heterocycles. The summed E-state index contributed by atoms with van der Waals surface area (Å²) in [6, 6.07) is 2.19. The Bertz CT molecular complexity index is 440. The minimum Gasteiger partial charge on any atom is -0.391 e. The van der Waals surface area contributed by atoms with Gasteiger partial charge in [-0.15, -0.1) is 0 Å². The second-order valence-electron chi connectivity index (χ2n) is 6.48. The fraction of sp³-hybridized carbons (Fsp3) is 0.667. The lowest BCUT2D eigenvalue weighted by molar-refractivity contribution is 0.198. The van der Waals surface area contributed by atoms with Gasteiger partial charge in [-0.1, -0.05) is 0 Å². The first kappa shape index (κ1) is 14.3. The smallest absolute Gasteiger partial charge is 0.131 e. The molecule has 0 spiro atoms. The highest BCUT2D eigenvalue weighted by Crippen LogP contribution is 2.22. The van der Waals surface area contributed by atoms with Crippen LogP contribution in [-0.2, 0) is 6.54 Å². The van der Waals surface area contributed by atoms with Gasteiger partial charge in [-0.3, -0.25) is 0 Å². The zero-order valence-corrected chi connectivity index (χ0v) is 12.4. The van der Waals surface area contributed by atoms with Crippen molar-refractivity contribution in [2.45, 2.75) is 52.3 Å². The van der Waals surface area contributed by atoms with E-state index in [0.29, 0.717) is 6.54 Å². The van der Waals surface area contributed by atoms with E-state index < -0.39 is 0 Å². The summed E-state index contributed by atoms with van der Waals surface area (Å²) in [5.41, 5.74) is 2.50. The average molecular weight is 263 g/mol. The molecule has 1 aromatic rings. The number of anilines is 1. The maximum Gasteiger partial charge on any atom is 0.131 e. The second-order valence-corrected chi connectivity index (χ2v) is 6.48. The Kier molecular flexibility index (Phi) is 4.11. The molecule has 1 unspecified atom stereocenters. The molecule has 1 aliphatic heterocycles. The van der Waals surface area contributed by atoms with Crippen LogP contribution in [0.15, 0.2) is 12.3 Å². The van der Waals surface area contributed by atoms with Crippen LogP contribution in [0.1, 0.15) is 38.3 Å².